The van der Waals surface area contributed by atoms with Crippen molar-refractivity contribution in [2.24, 2.45) is 0 Å². The predicted molar refractivity (Wildman–Crippen MR) is 61.4 cm³/mol. The number of rotatable bonds is 2. The molecule has 0 spiro atoms. The fourth-order valence-electron chi connectivity index (χ4n) is 1.37. The molecule has 0 atom stereocenters. The molecule has 0 radical (unpaired) electrons. The summed E-state index contributed by atoms with van der Waals surface area (Å²) in [5.74, 6) is -0.0267. The first-order valence-corrected chi connectivity index (χ1v) is 7.11. The van der Waals surface area contributed by atoms with Gasteiger partial charge >= 0.3 is 0 Å². The monoisotopic (exact) mass is 288 g/mol. The minimum atomic E-state index is -3.03. The average molecular weight is 289 g/mol. The van der Waals surface area contributed by atoms with Crippen molar-refractivity contribution in [1.82, 2.24) is 9.38 Å². The third-order valence-corrected chi connectivity index (χ3v) is 3.37. The maximum absolute atomic E-state index is 11.1. The number of halogens is 1. The molecule has 80 valence electrons. The lowest BCUT2D eigenvalue weighted by molar-refractivity contribution is 0.600. The molecule has 0 saturated carbocycles. The van der Waals surface area contributed by atoms with E-state index >= 15 is 0 Å². The van der Waals surface area contributed by atoms with Crippen LogP contribution in [0.2, 0.25) is 0 Å². The molecule has 6 heteroatoms. The van der Waals surface area contributed by atoms with Gasteiger partial charge in [-0.25, -0.2) is 13.4 Å². The molecule has 0 N–H and O–H groups in total. The molecule has 2 aromatic rings. The number of nitrogens with zero attached hydrogens (tertiary/aromatic N) is 2. The molecule has 0 aliphatic heterocycles. The van der Waals surface area contributed by atoms with Gasteiger partial charge in [0.15, 0.2) is 9.84 Å². The Balaban J connectivity index is 2.53. The Morgan fingerprint density at radius 3 is 2.80 bits per heavy atom. The summed E-state index contributed by atoms with van der Waals surface area (Å²) in [4.78, 5) is 4.21. The van der Waals surface area contributed by atoms with Crippen LogP contribution in [-0.2, 0) is 15.6 Å². The topological polar surface area (TPSA) is 51.4 Å². The molecule has 0 saturated heterocycles. The Bertz CT molecular complexity index is 604. The highest BCUT2D eigenvalue weighted by atomic mass is 79.9. The minimum Gasteiger partial charge on any atom is -0.294 e. The standard InChI is InChI=1S/C9H9BrN2O2S/c1-15(13,14)6-7-5-12-8(10)3-2-4-9(12)11-7/h2-5H,6H2,1H3. The third kappa shape index (κ3) is 2.38. The van der Waals surface area contributed by atoms with Gasteiger partial charge in [-0.3, -0.25) is 4.40 Å². The Hall–Kier alpha value is -0.880. The summed E-state index contributed by atoms with van der Waals surface area (Å²) in [5.41, 5.74) is 1.30. The van der Waals surface area contributed by atoms with Crippen molar-refractivity contribution < 1.29 is 8.42 Å². The number of hydrogen-bond donors (Lipinski definition) is 0. The number of aromatic nitrogens is 2. The van der Waals surface area contributed by atoms with E-state index in [2.05, 4.69) is 20.9 Å². The van der Waals surface area contributed by atoms with Crippen molar-refractivity contribution in [3.63, 3.8) is 0 Å². The Morgan fingerprint density at radius 1 is 1.47 bits per heavy atom. The Labute approximate surface area is 96.0 Å². The van der Waals surface area contributed by atoms with Crippen molar-refractivity contribution >= 4 is 31.4 Å². The number of sulfone groups is 1. The van der Waals surface area contributed by atoms with Gasteiger partial charge in [0.2, 0.25) is 0 Å². The van der Waals surface area contributed by atoms with Crippen LogP contribution in [0.15, 0.2) is 29.0 Å². The molecular formula is C9H9BrN2O2S. The Kier molecular flexibility index (Phi) is 2.56. The zero-order valence-electron chi connectivity index (χ0n) is 8.01. The molecular weight excluding hydrogens is 280 g/mol. The lowest BCUT2D eigenvalue weighted by Gasteiger charge is -1.94. The van der Waals surface area contributed by atoms with Gasteiger partial charge in [-0.15, -0.1) is 0 Å². The minimum absolute atomic E-state index is 0.0267. The third-order valence-electron chi connectivity index (χ3n) is 1.90. The van der Waals surface area contributed by atoms with Crippen LogP contribution in [0.25, 0.3) is 5.65 Å². The van der Waals surface area contributed by atoms with E-state index in [1.807, 2.05) is 18.2 Å². The lowest BCUT2D eigenvalue weighted by Crippen LogP contribution is -2.00. The molecule has 4 nitrogen and oxygen atoms in total. The molecule has 0 amide bonds. The van der Waals surface area contributed by atoms with Crippen molar-refractivity contribution in [2.45, 2.75) is 5.75 Å². The first kappa shape index (κ1) is 10.6. The lowest BCUT2D eigenvalue weighted by atomic mass is 10.5. The second-order valence-electron chi connectivity index (χ2n) is 3.38. The maximum Gasteiger partial charge on any atom is 0.153 e. The fourth-order valence-corrected chi connectivity index (χ4v) is 2.48. The summed E-state index contributed by atoms with van der Waals surface area (Å²) in [6.07, 6.45) is 2.92. The molecule has 0 aliphatic rings. The van der Waals surface area contributed by atoms with E-state index in [9.17, 15) is 8.42 Å². The van der Waals surface area contributed by atoms with Gasteiger partial charge in [0.05, 0.1) is 16.0 Å². The average Bonchev–Trinajstić information content (AvgIpc) is 2.45. The molecule has 0 bridgehead atoms. The Morgan fingerprint density at radius 2 is 2.20 bits per heavy atom. The van der Waals surface area contributed by atoms with Crippen molar-refractivity contribution in [3.8, 4) is 0 Å². The highest BCUT2D eigenvalue weighted by molar-refractivity contribution is 9.10. The first-order valence-electron chi connectivity index (χ1n) is 4.26. The van der Waals surface area contributed by atoms with E-state index in [0.29, 0.717) is 5.69 Å². The highest BCUT2D eigenvalue weighted by Gasteiger charge is 2.09. The smallest absolute Gasteiger partial charge is 0.153 e. The van der Waals surface area contributed by atoms with Gasteiger partial charge in [-0.1, -0.05) is 6.07 Å². The van der Waals surface area contributed by atoms with Crippen molar-refractivity contribution in [1.29, 1.82) is 0 Å². The summed E-state index contributed by atoms with van der Waals surface area (Å²) < 4.78 is 24.9. The largest absolute Gasteiger partial charge is 0.294 e. The van der Waals surface area contributed by atoms with Gasteiger partial charge < -0.3 is 0 Å². The molecule has 0 aromatic carbocycles. The van der Waals surface area contributed by atoms with Crippen LogP contribution in [0.5, 0.6) is 0 Å². The summed E-state index contributed by atoms with van der Waals surface area (Å²) in [5, 5.41) is 0. The second kappa shape index (κ2) is 3.61. The zero-order chi connectivity index (χ0) is 11.1. The van der Waals surface area contributed by atoms with E-state index in [0.717, 1.165) is 10.3 Å². The van der Waals surface area contributed by atoms with E-state index in [4.69, 9.17) is 0 Å². The van der Waals surface area contributed by atoms with Crippen LogP contribution in [0.4, 0.5) is 0 Å². The van der Waals surface area contributed by atoms with E-state index in [-0.39, 0.29) is 5.75 Å². The maximum atomic E-state index is 11.1. The molecule has 2 rings (SSSR count). The number of pyridine rings is 1. The van der Waals surface area contributed by atoms with Crippen LogP contribution in [-0.4, -0.2) is 24.1 Å². The highest BCUT2D eigenvalue weighted by Crippen LogP contribution is 2.15. The van der Waals surface area contributed by atoms with E-state index in [1.54, 1.807) is 10.6 Å². The van der Waals surface area contributed by atoms with E-state index in [1.165, 1.54) is 6.26 Å². The summed E-state index contributed by atoms with van der Waals surface area (Å²) in [7, 11) is -3.03. The number of imidazole rings is 1. The molecule has 15 heavy (non-hydrogen) atoms. The first-order chi connectivity index (χ1) is 6.96. The number of hydrogen-bond acceptors (Lipinski definition) is 3. The molecule has 2 aromatic heterocycles. The molecule has 0 aliphatic carbocycles. The van der Waals surface area contributed by atoms with Crippen molar-refractivity contribution in [3.05, 3.63) is 34.7 Å². The fraction of sp³-hybridized carbons (Fsp3) is 0.222. The molecule has 0 unspecified atom stereocenters. The summed E-state index contributed by atoms with van der Waals surface area (Å²) >= 11 is 3.36. The SMILES string of the molecule is CS(=O)(=O)Cc1cn2c(Br)cccc2n1. The van der Waals surface area contributed by atoms with Crippen LogP contribution in [0.1, 0.15) is 5.69 Å². The van der Waals surface area contributed by atoms with Gasteiger partial charge in [-0.2, -0.15) is 0 Å². The van der Waals surface area contributed by atoms with Crippen molar-refractivity contribution in [2.75, 3.05) is 6.26 Å². The second-order valence-corrected chi connectivity index (χ2v) is 6.33. The predicted octanol–water partition coefficient (Wildman–Crippen LogP) is 1.64. The zero-order valence-corrected chi connectivity index (χ0v) is 10.4. The number of fused-ring (bicyclic) bond motifs is 1. The van der Waals surface area contributed by atoms with Gasteiger partial charge in [0.25, 0.3) is 0 Å². The summed E-state index contributed by atoms with van der Waals surface area (Å²) in [6.45, 7) is 0. The van der Waals surface area contributed by atoms with Crippen LogP contribution >= 0.6 is 15.9 Å². The van der Waals surface area contributed by atoms with Gasteiger partial charge in [0, 0.05) is 12.5 Å². The molecule has 2 heterocycles. The van der Waals surface area contributed by atoms with Gasteiger partial charge in [-0.05, 0) is 28.1 Å². The van der Waals surface area contributed by atoms with E-state index < -0.39 is 9.84 Å². The summed E-state index contributed by atoms with van der Waals surface area (Å²) in [6, 6.07) is 5.56. The van der Waals surface area contributed by atoms with Gasteiger partial charge in [0.1, 0.15) is 5.65 Å². The van der Waals surface area contributed by atoms with Crippen LogP contribution in [0.3, 0.4) is 0 Å². The quantitative estimate of drug-likeness (QED) is 0.790. The van der Waals surface area contributed by atoms with Crippen LogP contribution < -0.4 is 0 Å². The molecule has 0 fully saturated rings. The normalized spacial score (nSPS) is 12.1. The van der Waals surface area contributed by atoms with Crippen LogP contribution in [0, 0.1) is 0 Å².